The van der Waals surface area contributed by atoms with Gasteiger partial charge in [-0.2, -0.15) is 0 Å². The zero-order valence-electron chi connectivity index (χ0n) is 17.6. The van der Waals surface area contributed by atoms with Crippen LogP contribution in [0.2, 0.25) is 0 Å². The molecule has 1 aliphatic heterocycles. The van der Waals surface area contributed by atoms with Crippen LogP contribution in [0.3, 0.4) is 0 Å². The van der Waals surface area contributed by atoms with Gasteiger partial charge >= 0.3 is 5.97 Å². The van der Waals surface area contributed by atoms with Gasteiger partial charge in [0, 0.05) is 26.2 Å². The first-order valence-corrected chi connectivity index (χ1v) is 9.56. The van der Waals surface area contributed by atoms with E-state index in [1.165, 1.54) is 39.7 Å². The molecule has 3 rings (SSSR count). The first-order chi connectivity index (χ1) is 15.0. The third-order valence-electron chi connectivity index (χ3n) is 4.88. The Labute approximate surface area is 179 Å². The predicted molar refractivity (Wildman–Crippen MR) is 108 cm³/mol. The molecule has 0 saturated carbocycles. The number of esters is 1. The molecule has 0 atom stereocenters. The largest absolute Gasteiger partial charge is 0.493 e. The molecule has 0 bridgehead atoms. The van der Waals surface area contributed by atoms with Gasteiger partial charge in [0.15, 0.2) is 23.9 Å². The van der Waals surface area contributed by atoms with Gasteiger partial charge in [-0.05, 0) is 24.3 Å². The highest BCUT2D eigenvalue weighted by molar-refractivity contribution is 5.93. The Hall–Kier alpha value is -3.69. The topological polar surface area (TPSA) is 108 Å². The molecule has 0 aliphatic carbocycles. The van der Waals surface area contributed by atoms with Crippen molar-refractivity contribution in [2.75, 3.05) is 54.1 Å². The van der Waals surface area contributed by atoms with Crippen molar-refractivity contribution in [2.24, 2.45) is 0 Å². The van der Waals surface area contributed by atoms with E-state index in [9.17, 15) is 14.4 Å². The van der Waals surface area contributed by atoms with Crippen LogP contribution in [0.5, 0.6) is 17.2 Å². The number of hydrogen-bond acceptors (Lipinski definition) is 8. The van der Waals surface area contributed by atoms with Crippen LogP contribution in [0.15, 0.2) is 34.9 Å². The van der Waals surface area contributed by atoms with E-state index in [2.05, 4.69) is 0 Å². The van der Waals surface area contributed by atoms with Crippen molar-refractivity contribution in [1.82, 2.24) is 9.80 Å². The molecule has 2 amide bonds. The lowest BCUT2D eigenvalue weighted by Gasteiger charge is -2.34. The van der Waals surface area contributed by atoms with Crippen LogP contribution >= 0.6 is 0 Å². The van der Waals surface area contributed by atoms with E-state index in [0.29, 0.717) is 43.4 Å². The van der Waals surface area contributed by atoms with Crippen LogP contribution in [-0.4, -0.2) is 81.7 Å². The number of piperazine rings is 1. The van der Waals surface area contributed by atoms with Crippen molar-refractivity contribution in [3.63, 3.8) is 0 Å². The molecule has 31 heavy (non-hydrogen) atoms. The lowest BCUT2D eigenvalue weighted by atomic mass is 10.2. The second-order valence-corrected chi connectivity index (χ2v) is 6.64. The van der Waals surface area contributed by atoms with E-state index in [-0.39, 0.29) is 23.1 Å². The van der Waals surface area contributed by atoms with Gasteiger partial charge in [-0.3, -0.25) is 9.59 Å². The summed E-state index contributed by atoms with van der Waals surface area (Å²) in [6.45, 7) is 1.000. The van der Waals surface area contributed by atoms with Crippen LogP contribution in [-0.2, 0) is 9.53 Å². The van der Waals surface area contributed by atoms with Gasteiger partial charge < -0.3 is 33.2 Å². The summed E-state index contributed by atoms with van der Waals surface area (Å²) in [6.07, 6.45) is 1.44. The van der Waals surface area contributed by atoms with E-state index in [0.717, 1.165) is 0 Å². The predicted octanol–water partition coefficient (Wildman–Crippen LogP) is 1.45. The van der Waals surface area contributed by atoms with Gasteiger partial charge in [-0.15, -0.1) is 0 Å². The Bertz CT molecular complexity index is 908. The third-order valence-corrected chi connectivity index (χ3v) is 4.88. The van der Waals surface area contributed by atoms with E-state index >= 15 is 0 Å². The average molecular weight is 432 g/mol. The van der Waals surface area contributed by atoms with Crippen molar-refractivity contribution >= 4 is 17.8 Å². The van der Waals surface area contributed by atoms with E-state index in [4.69, 9.17) is 23.4 Å². The van der Waals surface area contributed by atoms with Crippen molar-refractivity contribution in [1.29, 1.82) is 0 Å². The molecule has 0 unspecified atom stereocenters. The second-order valence-electron chi connectivity index (χ2n) is 6.64. The number of amides is 2. The maximum Gasteiger partial charge on any atom is 0.338 e. The highest BCUT2D eigenvalue weighted by Crippen LogP contribution is 2.38. The minimum absolute atomic E-state index is 0.163. The fourth-order valence-corrected chi connectivity index (χ4v) is 3.22. The molecule has 166 valence electrons. The van der Waals surface area contributed by atoms with Gasteiger partial charge in [0.05, 0.1) is 33.2 Å². The lowest BCUT2D eigenvalue weighted by molar-refractivity contribution is -0.136. The van der Waals surface area contributed by atoms with Gasteiger partial charge in [-0.25, -0.2) is 4.79 Å². The van der Waals surface area contributed by atoms with Gasteiger partial charge in [0.2, 0.25) is 5.75 Å². The number of methoxy groups -OCH3 is 3. The maximum absolute atomic E-state index is 12.4. The Morgan fingerprint density at radius 2 is 1.55 bits per heavy atom. The normalized spacial score (nSPS) is 13.5. The highest BCUT2D eigenvalue weighted by atomic mass is 16.5. The molecule has 10 heteroatoms. The molecule has 1 fully saturated rings. The monoisotopic (exact) mass is 432 g/mol. The average Bonchev–Trinajstić information content (AvgIpc) is 3.35. The number of hydrogen-bond donors (Lipinski definition) is 0. The summed E-state index contributed by atoms with van der Waals surface area (Å²) in [5, 5.41) is 0. The molecular weight excluding hydrogens is 408 g/mol. The van der Waals surface area contributed by atoms with Crippen LogP contribution in [0.4, 0.5) is 0 Å². The third kappa shape index (κ3) is 4.90. The summed E-state index contributed by atoms with van der Waals surface area (Å²) in [7, 11) is 4.33. The Kier molecular flexibility index (Phi) is 7.01. The Balaban J connectivity index is 1.54. The van der Waals surface area contributed by atoms with Crippen molar-refractivity contribution in [3.8, 4) is 17.2 Å². The minimum Gasteiger partial charge on any atom is -0.493 e. The first-order valence-electron chi connectivity index (χ1n) is 9.56. The molecule has 1 saturated heterocycles. The molecule has 1 aromatic heterocycles. The molecule has 0 N–H and O–H groups in total. The number of carbonyl (C=O) groups excluding carboxylic acids is 3. The lowest BCUT2D eigenvalue weighted by Crippen LogP contribution is -2.51. The summed E-state index contributed by atoms with van der Waals surface area (Å²) in [5.74, 6) is -0.0374. The minimum atomic E-state index is -0.695. The van der Waals surface area contributed by atoms with Crippen molar-refractivity contribution in [3.05, 3.63) is 41.9 Å². The molecule has 2 aromatic rings. The van der Waals surface area contributed by atoms with Crippen molar-refractivity contribution < 1.29 is 37.7 Å². The number of ether oxygens (including phenoxy) is 4. The van der Waals surface area contributed by atoms with Crippen LogP contribution < -0.4 is 14.2 Å². The fraction of sp³-hybridized carbons (Fsp3) is 0.381. The number of benzene rings is 1. The molecule has 1 aromatic carbocycles. The van der Waals surface area contributed by atoms with E-state index in [1.54, 1.807) is 21.9 Å². The second kappa shape index (κ2) is 9.88. The van der Waals surface area contributed by atoms with Gasteiger partial charge in [0.1, 0.15) is 0 Å². The smallest absolute Gasteiger partial charge is 0.338 e. The van der Waals surface area contributed by atoms with Gasteiger partial charge in [0.25, 0.3) is 11.8 Å². The maximum atomic E-state index is 12.4. The molecule has 1 aliphatic rings. The summed E-state index contributed by atoms with van der Waals surface area (Å²) in [6, 6.07) is 6.15. The SMILES string of the molecule is COc1cc(C(=O)OCC(=O)N2CCN(C(=O)c3ccco3)CC2)cc(OC)c1OC. The standard InChI is InChI=1S/C21H24N2O8/c1-27-16-11-14(12-17(28-2)19(16)29-3)21(26)31-13-18(24)22-6-8-23(9-7-22)20(25)15-5-4-10-30-15/h4-5,10-12H,6-9,13H2,1-3H3. The molecule has 10 nitrogen and oxygen atoms in total. The molecule has 0 radical (unpaired) electrons. The first kappa shape index (κ1) is 22.0. The van der Waals surface area contributed by atoms with Crippen LogP contribution in [0, 0.1) is 0 Å². The number of rotatable bonds is 7. The quantitative estimate of drug-likeness (QED) is 0.605. The zero-order valence-corrected chi connectivity index (χ0v) is 17.6. The fourth-order valence-electron chi connectivity index (χ4n) is 3.22. The van der Waals surface area contributed by atoms with E-state index < -0.39 is 12.6 Å². The number of carbonyl (C=O) groups is 3. The molecule has 2 heterocycles. The number of nitrogens with zero attached hydrogens (tertiary/aromatic N) is 2. The Morgan fingerprint density at radius 3 is 2.06 bits per heavy atom. The summed E-state index contributed by atoms with van der Waals surface area (Å²) in [5.41, 5.74) is 0.163. The van der Waals surface area contributed by atoms with Gasteiger partial charge in [-0.1, -0.05) is 0 Å². The summed E-state index contributed by atoms with van der Waals surface area (Å²) < 4.78 is 26.0. The van der Waals surface area contributed by atoms with Crippen molar-refractivity contribution in [2.45, 2.75) is 0 Å². The van der Waals surface area contributed by atoms with Crippen LogP contribution in [0.25, 0.3) is 0 Å². The zero-order chi connectivity index (χ0) is 22.4. The van der Waals surface area contributed by atoms with E-state index in [1.807, 2.05) is 0 Å². The molecule has 0 spiro atoms. The summed E-state index contributed by atoms with van der Waals surface area (Å²) >= 11 is 0. The summed E-state index contributed by atoms with van der Waals surface area (Å²) in [4.78, 5) is 40.3. The Morgan fingerprint density at radius 1 is 0.935 bits per heavy atom. The number of furan rings is 1. The molecular formula is C21H24N2O8. The van der Waals surface area contributed by atoms with Crippen LogP contribution in [0.1, 0.15) is 20.9 Å². The highest BCUT2D eigenvalue weighted by Gasteiger charge is 2.27.